The van der Waals surface area contributed by atoms with Crippen LogP contribution < -0.4 is 40.2 Å². The fraction of sp³-hybridized carbons (Fsp3) is 0.105. The van der Waals surface area contributed by atoms with Crippen LogP contribution in [0.5, 0.6) is 0 Å². The molecule has 0 bridgehead atoms. The number of aliphatic imine (C=N–C) groups is 1. The summed E-state index contributed by atoms with van der Waals surface area (Å²) in [6.45, 7) is 1.55. The number of fused-ring (bicyclic) bond motifs is 1. The minimum absolute atomic E-state index is 0. The van der Waals surface area contributed by atoms with Crippen LogP contribution in [0.3, 0.4) is 0 Å². The van der Waals surface area contributed by atoms with Crippen LogP contribution in [-0.4, -0.2) is 41.8 Å². The topological polar surface area (TPSA) is 189 Å². The average Bonchev–Trinajstić information content (AvgIpc) is 3.16. The minimum Gasteiger partial charge on any atom is -0.744 e. The summed E-state index contributed by atoms with van der Waals surface area (Å²) in [5, 5.41) is 21.1. The summed E-state index contributed by atoms with van der Waals surface area (Å²) in [7, 11) is -4.67. The van der Waals surface area contributed by atoms with Gasteiger partial charge in [0.25, 0.3) is 11.8 Å². The summed E-state index contributed by atoms with van der Waals surface area (Å²) >= 11 is 1.08. The van der Waals surface area contributed by atoms with Crippen LogP contribution in [0, 0.1) is 18.4 Å². The van der Waals surface area contributed by atoms with Crippen LogP contribution in [0.2, 0.25) is 0 Å². The fourth-order valence-corrected chi connectivity index (χ4v) is 5.32. The van der Waals surface area contributed by atoms with Crippen molar-refractivity contribution in [2.75, 3.05) is 0 Å². The zero-order chi connectivity index (χ0) is 23.8. The molecule has 1 aliphatic heterocycles. The third-order valence-corrected chi connectivity index (χ3v) is 6.80. The molecule has 0 unspecified atom stereocenters. The van der Waals surface area contributed by atoms with Crippen molar-refractivity contribution in [3.63, 3.8) is 0 Å². The number of thiazole rings is 1. The third-order valence-electron chi connectivity index (χ3n) is 4.50. The van der Waals surface area contributed by atoms with E-state index in [9.17, 15) is 22.6 Å². The number of benzene rings is 2. The Morgan fingerprint density at radius 2 is 1.76 bits per heavy atom. The number of nitrogens with zero attached hydrogens (tertiary/aromatic N) is 5. The number of hydrogen-bond donors (Lipinski definition) is 2. The fourth-order valence-electron chi connectivity index (χ4n) is 3.03. The number of carbonyl (C=O) groups excluding carboxylic acids is 2. The van der Waals surface area contributed by atoms with E-state index in [1.807, 2.05) is 0 Å². The van der Waals surface area contributed by atoms with Crippen LogP contribution in [0.1, 0.15) is 5.56 Å². The summed E-state index contributed by atoms with van der Waals surface area (Å²) in [6.07, 6.45) is 1.45. The Kier molecular flexibility index (Phi) is 7.56. The maximum atomic E-state index is 12.0. The van der Waals surface area contributed by atoms with Gasteiger partial charge in [-0.1, -0.05) is 6.07 Å². The van der Waals surface area contributed by atoms with E-state index in [0.717, 1.165) is 11.3 Å². The second-order valence-electron chi connectivity index (χ2n) is 6.74. The molecule has 0 radical (unpaired) electrons. The Balaban J connectivity index is 0.00000324. The number of nitrogens with one attached hydrogen (secondary N) is 2. The van der Waals surface area contributed by atoms with E-state index >= 15 is 0 Å². The summed E-state index contributed by atoms with van der Waals surface area (Å²) in [5.74, 6) is -1.83. The average molecular weight is 505 g/mol. The minimum atomic E-state index is -4.67. The summed E-state index contributed by atoms with van der Waals surface area (Å²) in [4.78, 5) is 31.3. The smallest absolute Gasteiger partial charge is 0.744 e. The first-order chi connectivity index (χ1) is 15.7. The molecule has 34 heavy (non-hydrogen) atoms. The van der Waals surface area contributed by atoms with Gasteiger partial charge in [0.05, 0.1) is 20.8 Å². The molecule has 0 atom stereocenters. The van der Waals surface area contributed by atoms with E-state index in [1.54, 1.807) is 37.3 Å². The van der Waals surface area contributed by atoms with Crippen molar-refractivity contribution in [3.05, 3.63) is 42.0 Å². The molecule has 1 aromatic heterocycles. The molecule has 1 saturated heterocycles. The standard InChI is InChI=1S/C19H13N7O5S2.Na/c1-9-2-7-12-14(15(9)33(29,30)31)32-18(22-12)10-3-5-11(6-4-10)25-26-13-16(27)23-19(21-8-20)24-17(13)28;/h2-7,13H,1H3,(H,29,30,31)(H2,21,23,24,27,28);/q;+1/p-1. The van der Waals surface area contributed by atoms with Gasteiger partial charge < -0.3 is 4.55 Å². The zero-order valence-electron chi connectivity index (χ0n) is 17.6. The largest absolute Gasteiger partial charge is 1.00 e. The Morgan fingerprint density at radius 1 is 1.12 bits per heavy atom. The number of hydrogen-bond acceptors (Lipinski definition) is 11. The molecule has 2 N–H and O–H groups in total. The molecule has 166 valence electrons. The maximum Gasteiger partial charge on any atom is 1.00 e. The second kappa shape index (κ2) is 10.1. The molecule has 12 nitrogen and oxygen atoms in total. The SMILES string of the molecule is Cc1ccc2nc(-c3ccc(N=NC4C(=O)NC(=NC#N)NC4=O)cc3)sc2c1S(=O)(=O)[O-].[Na+]. The van der Waals surface area contributed by atoms with Gasteiger partial charge in [-0.05, 0) is 42.8 Å². The van der Waals surface area contributed by atoms with E-state index in [0.29, 0.717) is 27.3 Å². The molecule has 1 aliphatic rings. The third kappa shape index (κ3) is 5.20. The normalized spacial score (nSPS) is 16.0. The molecule has 0 saturated carbocycles. The first-order valence-electron chi connectivity index (χ1n) is 9.13. The van der Waals surface area contributed by atoms with E-state index in [2.05, 4.69) is 30.8 Å². The number of aryl methyl sites for hydroxylation is 1. The van der Waals surface area contributed by atoms with Gasteiger partial charge in [-0.25, -0.2) is 13.4 Å². The molecular weight excluding hydrogens is 493 g/mol. The van der Waals surface area contributed by atoms with Crippen molar-refractivity contribution in [2.45, 2.75) is 17.9 Å². The number of nitriles is 1. The Morgan fingerprint density at radius 3 is 2.35 bits per heavy atom. The molecule has 3 aromatic rings. The van der Waals surface area contributed by atoms with Gasteiger partial charge in [-0.2, -0.15) is 15.5 Å². The number of azo groups is 1. The number of carbonyl (C=O) groups is 2. The van der Waals surface area contributed by atoms with Gasteiger partial charge in [-0.15, -0.1) is 16.3 Å². The van der Waals surface area contributed by atoms with Crippen molar-refractivity contribution in [2.24, 2.45) is 15.2 Å². The number of amides is 2. The van der Waals surface area contributed by atoms with Gasteiger partial charge >= 0.3 is 29.6 Å². The van der Waals surface area contributed by atoms with Crippen molar-refractivity contribution in [1.29, 1.82) is 5.26 Å². The molecule has 0 spiro atoms. The van der Waals surface area contributed by atoms with Crippen LogP contribution in [-0.2, 0) is 19.7 Å². The van der Waals surface area contributed by atoms with E-state index in [1.165, 1.54) is 12.3 Å². The quantitative estimate of drug-likeness (QED) is 0.145. The van der Waals surface area contributed by atoms with Gasteiger partial charge in [0.2, 0.25) is 18.2 Å². The number of aromatic nitrogens is 1. The van der Waals surface area contributed by atoms with Gasteiger partial charge in [0.1, 0.15) is 15.1 Å². The Bertz CT molecular complexity index is 1490. The van der Waals surface area contributed by atoms with Crippen LogP contribution in [0.4, 0.5) is 5.69 Å². The summed E-state index contributed by atoms with van der Waals surface area (Å²) in [6, 6.07) is 8.20. The Hall–Kier alpha value is -3.06. The van der Waals surface area contributed by atoms with Crippen molar-refractivity contribution in [1.82, 2.24) is 15.6 Å². The predicted molar refractivity (Wildman–Crippen MR) is 115 cm³/mol. The van der Waals surface area contributed by atoms with E-state index in [4.69, 9.17) is 5.26 Å². The summed E-state index contributed by atoms with van der Waals surface area (Å²) in [5.41, 5.74) is 1.74. The van der Waals surface area contributed by atoms with Crippen LogP contribution in [0.15, 0.2) is 56.5 Å². The predicted octanol–water partition coefficient (Wildman–Crippen LogP) is -1.28. The van der Waals surface area contributed by atoms with E-state index in [-0.39, 0.29) is 45.1 Å². The second-order valence-corrected chi connectivity index (χ2v) is 9.05. The van der Waals surface area contributed by atoms with Gasteiger partial charge in [0, 0.05) is 5.56 Å². The molecular formula is C19H12N7NaO5S2. The monoisotopic (exact) mass is 505 g/mol. The molecule has 2 aromatic carbocycles. The first-order valence-corrected chi connectivity index (χ1v) is 11.4. The summed E-state index contributed by atoms with van der Waals surface area (Å²) < 4.78 is 35.3. The molecule has 0 aliphatic carbocycles. The first kappa shape index (κ1) is 25.6. The van der Waals surface area contributed by atoms with Crippen LogP contribution >= 0.6 is 11.3 Å². The van der Waals surface area contributed by atoms with Crippen molar-refractivity contribution >= 4 is 55.1 Å². The van der Waals surface area contributed by atoms with Crippen molar-refractivity contribution in [3.8, 4) is 16.8 Å². The van der Waals surface area contributed by atoms with Crippen molar-refractivity contribution < 1.29 is 52.1 Å². The molecule has 15 heteroatoms. The molecule has 1 fully saturated rings. The zero-order valence-corrected chi connectivity index (χ0v) is 21.3. The van der Waals surface area contributed by atoms with Crippen LogP contribution in [0.25, 0.3) is 20.8 Å². The Labute approximate surface area is 218 Å². The molecule has 2 heterocycles. The molecule has 2 amide bonds. The molecule has 4 rings (SSSR count). The maximum absolute atomic E-state index is 12.0. The van der Waals surface area contributed by atoms with Gasteiger partial charge in [0.15, 0.2) is 0 Å². The van der Waals surface area contributed by atoms with E-state index < -0.39 is 28.0 Å². The van der Waals surface area contributed by atoms with Gasteiger partial charge in [-0.3, -0.25) is 20.2 Å². The number of rotatable bonds is 4. The number of guanidine groups is 1.